The molecule has 5 aliphatic rings. The quantitative estimate of drug-likeness (QED) is 0.0491. The van der Waals surface area contributed by atoms with Crippen LogP contribution in [0.3, 0.4) is 0 Å². The molecule has 354 valence electrons. The van der Waals surface area contributed by atoms with Crippen LogP contribution in [0.25, 0.3) is 11.1 Å². The maximum Gasteiger partial charge on any atom is 0.341 e. The van der Waals surface area contributed by atoms with Gasteiger partial charge in [0.1, 0.15) is 12.7 Å². The zero-order valence-electron chi connectivity index (χ0n) is 33.2. The smallest absolute Gasteiger partial charge is 0.341 e. The van der Waals surface area contributed by atoms with E-state index in [1.165, 1.54) is 0 Å². The van der Waals surface area contributed by atoms with E-state index in [-0.39, 0.29) is 6.08 Å². The van der Waals surface area contributed by atoms with E-state index in [9.17, 15) is 100 Å². The number of esters is 5. The van der Waals surface area contributed by atoms with E-state index in [1.807, 2.05) is 0 Å². The number of aliphatic hydroxyl groups is 3. The highest BCUT2D eigenvalue weighted by Gasteiger charge is 2.70. The molecule has 6 bridgehead atoms. The predicted molar refractivity (Wildman–Crippen MR) is 204 cm³/mol. The van der Waals surface area contributed by atoms with Crippen LogP contribution in [0.4, 0.5) is 0 Å². The molecule has 4 aromatic carbocycles. The number of hydrogen-bond donors (Lipinski definition) is 14. The molecule has 0 amide bonds. The van der Waals surface area contributed by atoms with Gasteiger partial charge in [0.25, 0.3) is 5.79 Å². The summed E-state index contributed by atoms with van der Waals surface area (Å²) in [6.45, 7) is -1.31. The first-order valence-corrected chi connectivity index (χ1v) is 19.1. The minimum atomic E-state index is -3.98. The summed E-state index contributed by atoms with van der Waals surface area (Å²) < 4.78 is 38.9. The highest BCUT2D eigenvalue weighted by atomic mass is 16.8. The zero-order chi connectivity index (χ0) is 49.4. The van der Waals surface area contributed by atoms with Crippen molar-refractivity contribution in [2.75, 3.05) is 6.61 Å². The van der Waals surface area contributed by atoms with Crippen LogP contribution in [0.5, 0.6) is 69.0 Å². The lowest BCUT2D eigenvalue weighted by molar-refractivity contribution is -0.339. The summed E-state index contributed by atoms with van der Waals surface area (Å²) in [7, 11) is 0. The minimum absolute atomic E-state index is 0.263. The number of phenolic OH excluding ortho intramolecular Hbond substituents is 11. The third-order valence-electron chi connectivity index (χ3n) is 11.5. The number of benzene rings is 4. The van der Waals surface area contributed by atoms with Crippen LogP contribution in [0.2, 0.25) is 0 Å². The Hall–Kier alpha value is -8.92. The van der Waals surface area contributed by atoms with Crippen molar-refractivity contribution in [1.82, 2.24) is 0 Å². The topological polar surface area (TPSA) is 450 Å². The lowest BCUT2D eigenvalue weighted by atomic mass is 9.70. The van der Waals surface area contributed by atoms with E-state index in [0.717, 1.165) is 0 Å². The second-order valence-electron chi connectivity index (χ2n) is 15.5. The summed E-state index contributed by atoms with van der Waals surface area (Å²) in [5.41, 5.74) is -8.45. The summed E-state index contributed by atoms with van der Waals surface area (Å²) >= 11 is 0. The second kappa shape index (κ2) is 14.8. The van der Waals surface area contributed by atoms with Gasteiger partial charge in [0, 0.05) is 16.7 Å². The molecule has 0 aromatic heterocycles. The Bertz CT molecular complexity index is 3020. The van der Waals surface area contributed by atoms with Crippen molar-refractivity contribution in [3.8, 4) is 80.1 Å². The molecule has 68 heavy (non-hydrogen) atoms. The molecule has 4 aromatic rings. The number of ketones is 1. The van der Waals surface area contributed by atoms with E-state index >= 15 is 0 Å². The van der Waals surface area contributed by atoms with E-state index < -0.39 is 204 Å². The molecule has 27 heteroatoms. The number of fused-ring (bicyclic) bond motifs is 10. The van der Waals surface area contributed by atoms with E-state index in [0.29, 0.717) is 30.3 Å². The van der Waals surface area contributed by atoms with Crippen molar-refractivity contribution >= 4 is 35.6 Å². The highest BCUT2D eigenvalue weighted by Crippen LogP contribution is 2.59. The Kier molecular flexibility index (Phi) is 9.64. The van der Waals surface area contributed by atoms with Crippen LogP contribution in [0, 0.1) is 0 Å². The average molecular weight is 953 g/mol. The minimum Gasteiger partial charge on any atom is -0.504 e. The van der Waals surface area contributed by atoms with Gasteiger partial charge < -0.3 is 105 Å². The monoisotopic (exact) mass is 952 g/mol. The van der Waals surface area contributed by atoms with Gasteiger partial charge in [0.2, 0.25) is 35.4 Å². The van der Waals surface area contributed by atoms with Gasteiger partial charge in [-0.3, -0.25) is 4.79 Å². The molecule has 27 nitrogen and oxygen atoms in total. The molecule has 7 atom stereocenters. The fourth-order valence-corrected chi connectivity index (χ4v) is 8.25. The van der Waals surface area contributed by atoms with E-state index in [1.54, 1.807) is 0 Å². The number of aromatic hydroxyl groups is 11. The predicted octanol–water partition coefficient (Wildman–Crippen LogP) is -1.10. The van der Waals surface area contributed by atoms with Crippen molar-refractivity contribution in [2.24, 2.45) is 0 Å². The van der Waals surface area contributed by atoms with Crippen LogP contribution in [0.15, 0.2) is 42.0 Å². The summed E-state index contributed by atoms with van der Waals surface area (Å²) in [6, 6.07) is 2.30. The number of carbonyl (C=O) groups is 6. The van der Waals surface area contributed by atoms with E-state index in [4.69, 9.17) is 33.2 Å². The molecule has 0 unspecified atom stereocenters. The van der Waals surface area contributed by atoms with Crippen molar-refractivity contribution in [2.45, 2.75) is 48.2 Å². The summed E-state index contributed by atoms with van der Waals surface area (Å²) in [5.74, 6) is -36.5. The van der Waals surface area contributed by atoms with Gasteiger partial charge in [-0.1, -0.05) is 0 Å². The lowest BCUT2D eigenvalue weighted by Crippen LogP contribution is -2.70. The van der Waals surface area contributed by atoms with Gasteiger partial charge in [-0.15, -0.1) is 0 Å². The van der Waals surface area contributed by atoms with Crippen LogP contribution in [-0.2, 0) is 38.0 Å². The number of phenols is 11. The Morgan fingerprint density at radius 1 is 0.588 bits per heavy atom. The third kappa shape index (κ3) is 6.21. The van der Waals surface area contributed by atoms with Crippen molar-refractivity contribution < 1.29 is 133 Å². The Balaban J connectivity index is 1.29. The van der Waals surface area contributed by atoms with Crippen molar-refractivity contribution in [1.29, 1.82) is 0 Å². The maximum absolute atomic E-state index is 14.6. The van der Waals surface area contributed by atoms with Gasteiger partial charge in [0.15, 0.2) is 64.0 Å². The number of cyclic esters (lactones) is 1. The molecule has 1 aliphatic carbocycles. The SMILES string of the molecule is O=C1O[C@H]2[C@H](OC(=O)c3cc(O)c(O)c(O)c3)[C@@H](OC(=O)c3cc(O)c(O)c4c3[C@@H]3C1=CC(=O)[C@@](O)(O4)C3(O)O)[C@@H]1OC(=O)c3cc(O)c(O)c(O)c3-c3c(cc(O)c(O)c3O)C(=O)OC[C@H]2O1. The maximum atomic E-state index is 14.6. The molecular formula is C41H28O27. The molecule has 1 saturated heterocycles. The molecule has 14 N–H and O–H groups in total. The first kappa shape index (κ1) is 44.3. The first-order valence-electron chi connectivity index (χ1n) is 19.1. The molecule has 1 fully saturated rings. The Morgan fingerprint density at radius 2 is 1.10 bits per heavy atom. The second-order valence-corrected chi connectivity index (χ2v) is 15.5. The summed E-state index contributed by atoms with van der Waals surface area (Å²) in [6.07, 6.45) is -12.1. The third-order valence-corrected chi connectivity index (χ3v) is 11.5. The number of rotatable bonds is 2. The molecule has 4 heterocycles. The van der Waals surface area contributed by atoms with E-state index in [2.05, 4.69) is 0 Å². The van der Waals surface area contributed by atoms with Crippen LogP contribution in [-0.4, -0.2) is 156 Å². The molecular weight excluding hydrogens is 924 g/mol. The van der Waals surface area contributed by atoms with Gasteiger partial charge in [-0.25, -0.2) is 24.0 Å². The van der Waals surface area contributed by atoms with Crippen LogP contribution < -0.4 is 4.74 Å². The zero-order valence-corrected chi connectivity index (χ0v) is 33.2. The summed E-state index contributed by atoms with van der Waals surface area (Å²) in [5, 5.41) is 150. The average Bonchev–Trinajstić information content (AvgIpc) is 3.28. The number of ether oxygens (including phenoxy) is 7. The lowest BCUT2D eigenvalue weighted by Gasteiger charge is -2.49. The normalized spacial score (nSPS) is 25.7. The fourth-order valence-electron chi connectivity index (χ4n) is 8.25. The number of hydrogen-bond acceptors (Lipinski definition) is 27. The summed E-state index contributed by atoms with van der Waals surface area (Å²) in [4.78, 5) is 84.8. The van der Waals surface area contributed by atoms with Gasteiger partial charge in [0.05, 0.1) is 33.7 Å². The van der Waals surface area contributed by atoms with Gasteiger partial charge in [-0.2, -0.15) is 0 Å². The molecule has 4 aliphatic heterocycles. The largest absolute Gasteiger partial charge is 0.504 e. The highest BCUT2D eigenvalue weighted by molar-refractivity contribution is 6.10. The van der Waals surface area contributed by atoms with Crippen molar-refractivity contribution in [3.05, 3.63) is 69.8 Å². The van der Waals surface area contributed by atoms with Crippen LogP contribution >= 0.6 is 0 Å². The Morgan fingerprint density at radius 3 is 1.71 bits per heavy atom. The molecule has 0 saturated carbocycles. The van der Waals surface area contributed by atoms with Crippen molar-refractivity contribution in [3.63, 3.8) is 0 Å². The first-order chi connectivity index (χ1) is 31.9. The van der Waals surface area contributed by atoms with Gasteiger partial charge in [-0.05, 0) is 36.4 Å². The number of carbonyl (C=O) groups excluding carboxylic acids is 6. The molecule has 0 radical (unpaired) electrons. The van der Waals surface area contributed by atoms with Gasteiger partial charge >= 0.3 is 35.6 Å². The van der Waals surface area contributed by atoms with Crippen LogP contribution in [0.1, 0.15) is 52.9 Å². The standard InChI is InChI=1S/C41H28O27/c42-13-1-8(2-14(43)24(13)48)34(54)65-32-30-18-7-62-35(55)9-3-15(44)25(49)28(52)20(9)21-10(4-16(45)26(50)29(21)53)37(57)67-39(63-18)33(32)66-36(56)11-5-17(46)27(51)31-22(11)23-12(38(58)64-30)6-19(47)41(61,68-31)40(23,59)60/h1-6,18,23,30,32-33,39,42-46,48-53,59-61H,7H2/t18-,23+,30-,32+,33-,39+,41-/m1/s1. The Labute approximate surface area is 373 Å². The fraction of sp³-hybridized carbons (Fsp3) is 0.220. The molecule has 9 rings (SSSR count). The molecule has 0 spiro atoms.